The molecule has 0 bridgehead atoms. The maximum absolute atomic E-state index is 3.76. The minimum Gasteiger partial charge on any atom is -0.103 e. The van der Waals surface area contributed by atoms with Crippen LogP contribution in [0, 0.1) is 5.92 Å². The van der Waals surface area contributed by atoms with Crippen LogP contribution in [-0.2, 0) is 0 Å². The monoisotopic (exact) mass is 306 g/mol. The van der Waals surface area contributed by atoms with E-state index < -0.39 is 0 Å². The van der Waals surface area contributed by atoms with Gasteiger partial charge in [0.05, 0.1) is 0 Å². The topological polar surface area (TPSA) is 0 Å². The summed E-state index contributed by atoms with van der Waals surface area (Å²) in [6.45, 7) is 3.76. The van der Waals surface area contributed by atoms with Gasteiger partial charge in [-0.05, 0) is 44.4 Å². The predicted molar refractivity (Wildman–Crippen MR) is 73.0 cm³/mol. The molecule has 1 heteroatoms. The third-order valence-electron chi connectivity index (χ3n) is 3.30. The molecule has 0 saturated heterocycles. The van der Waals surface area contributed by atoms with Gasteiger partial charge in [-0.3, -0.25) is 0 Å². The van der Waals surface area contributed by atoms with Crippen LogP contribution in [0.25, 0.3) is 0 Å². The number of halogens is 1. The maximum Gasteiger partial charge on any atom is 0.0110 e. The summed E-state index contributed by atoms with van der Waals surface area (Å²) < 4.78 is 0.976. The molecule has 82 valence electrons. The van der Waals surface area contributed by atoms with Crippen LogP contribution in [0.3, 0.4) is 0 Å². The lowest BCUT2D eigenvalue weighted by Crippen LogP contribution is -2.13. The van der Waals surface area contributed by atoms with Crippen molar-refractivity contribution in [3.63, 3.8) is 0 Å². The van der Waals surface area contributed by atoms with E-state index >= 15 is 0 Å². The fourth-order valence-corrected chi connectivity index (χ4v) is 3.03. The average Bonchev–Trinajstić information content (AvgIpc) is 2.21. The van der Waals surface area contributed by atoms with E-state index in [2.05, 4.69) is 29.2 Å². The Bertz CT molecular complexity index is 145. The minimum atomic E-state index is 0.976. The molecule has 0 unspecified atom stereocenters. The van der Waals surface area contributed by atoms with Crippen molar-refractivity contribution in [3.05, 3.63) is 12.7 Å². The van der Waals surface area contributed by atoms with Gasteiger partial charge in [0.1, 0.15) is 0 Å². The highest BCUT2D eigenvalue weighted by molar-refractivity contribution is 14.1. The van der Waals surface area contributed by atoms with Crippen molar-refractivity contribution in [2.45, 2.75) is 61.7 Å². The van der Waals surface area contributed by atoms with Gasteiger partial charge in [0, 0.05) is 3.92 Å². The van der Waals surface area contributed by atoms with E-state index in [1.807, 2.05) is 6.08 Å². The highest BCUT2D eigenvalue weighted by Gasteiger charge is 2.18. The fraction of sp³-hybridized carbons (Fsp3) is 0.846. The van der Waals surface area contributed by atoms with Gasteiger partial charge < -0.3 is 0 Å². The standard InChI is InChI=1S/C13H23I/c1-2-3-4-5-6-7-12-8-10-13(14)11-9-12/h2,12-13H,1,3-11H2. The Hall–Kier alpha value is 0.470. The molecule has 0 heterocycles. The first kappa shape index (κ1) is 12.5. The number of hydrogen-bond donors (Lipinski definition) is 0. The molecule has 0 nitrogen and oxygen atoms in total. The summed E-state index contributed by atoms with van der Waals surface area (Å²) >= 11 is 2.61. The lowest BCUT2D eigenvalue weighted by atomic mass is 9.85. The first-order valence-corrected chi connectivity index (χ1v) is 7.32. The van der Waals surface area contributed by atoms with Gasteiger partial charge in [-0.2, -0.15) is 0 Å². The van der Waals surface area contributed by atoms with Crippen LogP contribution in [0.15, 0.2) is 12.7 Å². The molecule has 0 amide bonds. The Morgan fingerprint density at radius 1 is 1.07 bits per heavy atom. The molecule has 0 radical (unpaired) electrons. The van der Waals surface area contributed by atoms with E-state index in [0.29, 0.717) is 0 Å². The fourth-order valence-electron chi connectivity index (χ4n) is 2.31. The molecule has 0 atom stereocenters. The first-order chi connectivity index (χ1) is 6.83. The van der Waals surface area contributed by atoms with Crippen molar-refractivity contribution >= 4 is 22.6 Å². The number of alkyl halides is 1. The Labute approximate surface area is 103 Å². The third kappa shape index (κ3) is 5.38. The Balaban J connectivity index is 1.93. The van der Waals surface area contributed by atoms with Crippen molar-refractivity contribution < 1.29 is 0 Å². The maximum atomic E-state index is 3.76. The summed E-state index contributed by atoms with van der Waals surface area (Å²) in [5, 5.41) is 0. The number of rotatable bonds is 6. The molecule has 1 rings (SSSR count). The Morgan fingerprint density at radius 3 is 2.43 bits per heavy atom. The summed E-state index contributed by atoms with van der Waals surface area (Å²) in [4.78, 5) is 0. The normalized spacial score (nSPS) is 27.5. The molecule has 1 aliphatic carbocycles. The van der Waals surface area contributed by atoms with Crippen molar-refractivity contribution in [1.82, 2.24) is 0 Å². The van der Waals surface area contributed by atoms with E-state index in [1.165, 1.54) is 57.8 Å². The average molecular weight is 306 g/mol. The van der Waals surface area contributed by atoms with Gasteiger partial charge in [-0.15, -0.1) is 6.58 Å². The van der Waals surface area contributed by atoms with Gasteiger partial charge in [0.25, 0.3) is 0 Å². The first-order valence-electron chi connectivity index (χ1n) is 6.08. The Morgan fingerprint density at radius 2 is 1.79 bits per heavy atom. The van der Waals surface area contributed by atoms with Gasteiger partial charge in [-0.25, -0.2) is 0 Å². The van der Waals surface area contributed by atoms with E-state index in [-0.39, 0.29) is 0 Å². The van der Waals surface area contributed by atoms with Crippen molar-refractivity contribution in [3.8, 4) is 0 Å². The summed E-state index contributed by atoms with van der Waals surface area (Å²) in [5.74, 6) is 1.06. The highest BCUT2D eigenvalue weighted by Crippen LogP contribution is 2.31. The van der Waals surface area contributed by atoms with Crippen molar-refractivity contribution in [2.75, 3.05) is 0 Å². The molecule has 0 aromatic rings. The van der Waals surface area contributed by atoms with E-state index in [1.54, 1.807) is 0 Å². The van der Waals surface area contributed by atoms with E-state index in [0.717, 1.165) is 9.84 Å². The largest absolute Gasteiger partial charge is 0.103 e. The summed E-state index contributed by atoms with van der Waals surface area (Å²) in [5.41, 5.74) is 0. The van der Waals surface area contributed by atoms with Crippen molar-refractivity contribution in [2.24, 2.45) is 5.92 Å². The zero-order valence-corrected chi connectivity index (χ0v) is 11.3. The zero-order valence-electron chi connectivity index (χ0n) is 9.18. The second-order valence-corrected chi connectivity index (χ2v) is 6.31. The smallest absolute Gasteiger partial charge is 0.0110 e. The molecule has 0 spiro atoms. The second-order valence-electron chi connectivity index (χ2n) is 4.54. The van der Waals surface area contributed by atoms with Crippen LogP contribution in [0.1, 0.15) is 57.8 Å². The number of allylic oxidation sites excluding steroid dienone is 1. The van der Waals surface area contributed by atoms with Gasteiger partial charge >= 0.3 is 0 Å². The van der Waals surface area contributed by atoms with Crippen LogP contribution in [0.5, 0.6) is 0 Å². The van der Waals surface area contributed by atoms with E-state index in [4.69, 9.17) is 0 Å². The van der Waals surface area contributed by atoms with Gasteiger partial charge in [-0.1, -0.05) is 47.9 Å². The van der Waals surface area contributed by atoms with Gasteiger partial charge in [0.15, 0.2) is 0 Å². The molecule has 14 heavy (non-hydrogen) atoms. The van der Waals surface area contributed by atoms with Crippen molar-refractivity contribution in [1.29, 1.82) is 0 Å². The van der Waals surface area contributed by atoms with E-state index in [9.17, 15) is 0 Å². The molecular weight excluding hydrogens is 283 g/mol. The molecule has 1 saturated carbocycles. The zero-order chi connectivity index (χ0) is 10.2. The summed E-state index contributed by atoms with van der Waals surface area (Å²) in [7, 11) is 0. The number of unbranched alkanes of at least 4 members (excludes halogenated alkanes) is 3. The van der Waals surface area contributed by atoms with Crippen LogP contribution in [0.2, 0.25) is 0 Å². The molecule has 0 N–H and O–H groups in total. The van der Waals surface area contributed by atoms with Crippen LogP contribution in [0.4, 0.5) is 0 Å². The quantitative estimate of drug-likeness (QED) is 0.277. The summed E-state index contributed by atoms with van der Waals surface area (Å²) in [6.07, 6.45) is 14.9. The molecule has 0 aromatic heterocycles. The van der Waals surface area contributed by atoms with Gasteiger partial charge in [0.2, 0.25) is 0 Å². The number of hydrogen-bond acceptors (Lipinski definition) is 0. The Kier molecular flexibility index (Phi) is 6.92. The van der Waals surface area contributed by atoms with Crippen LogP contribution in [-0.4, -0.2) is 3.92 Å². The minimum absolute atomic E-state index is 0.976. The second kappa shape index (κ2) is 7.72. The highest BCUT2D eigenvalue weighted by atomic mass is 127. The molecule has 0 aliphatic heterocycles. The lowest BCUT2D eigenvalue weighted by Gasteiger charge is -2.25. The lowest BCUT2D eigenvalue weighted by molar-refractivity contribution is 0.339. The predicted octanol–water partition coefficient (Wildman–Crippen LogP) is 5.12. The third-order valence-corrected chi connectivity index (χ3v) is 4.54. The van der Waals surface area contributed by atoms with Crippen LogP contribution >= 0.6 is 22.6 Å². The molecular formula is C13H23I. The SMILES string of the molecule is C=CCCCCCC1CCC(I)CC1. The molecule has 0 aromatic carbocycles. The molecule has 1 fully saturated rings. The summed E-state index contributed by atoms with van der Waals surface area (Å²) in [6, 6.07) is 0. The van der Waals surface area contributed by atoms with Crippen LogP contribution < -0.4 is 0 Å². The molecule has 1 aliphatic rings.